The Morgan fingerprint density at radius 2 is 2.08 bits per heavy atom. The van der Waals surface area contributed by atoms with E-state index in [9.17, 15) is 0 Å². The van der Waals surface area contributed by atoms with E-state index < -0.39 is 0 Å². The lowest BCUT2D eigenvalue weighted by molar-refractivity contribution is 0.0885. The van der Waals surface area contributed by atoms with Gasteiger partial charge in [0.1, 0.15) is 0 Å². The first-order chi connectivity index (χ1) is 6.25. The molecule has 3 rings (SSSR count). The first-order valence-corrected chi connectivity index (χ1v) is 6.00. The van der Waals surface area contributed by atoms with Crippen LogP contribution in [-0.4, -0.2) is 6.04 Å². The van der Waals surface area contributed by atoms with Crippen LogP contribution in [0.2, 0.25) is 0 Å². The quantitative estimate of drug-likeness (QED) is 0.607. The third kappa shape index (κ3) is 0.823. The van der Waals surface area contributed by atoms with Gasteiger partial charge in [0.15, 0.2) is 0 Å². The van der Waals surface area contributed by atoms with Gasteiger partial charge in [-0.25, -0.2) is 0 Å². The largest absolute Gasteiger partial charge is 0.327 e. The second kappa shape index (κ2) is 2.50. The molecule has 3 aliphatic carbocycles. The summed E-state index contributed by atoms with van der Waals surface area (Å²) in [5.74, 6) is 2.81. The minimum absolute atomic E-state index is 0.559. The van der Waals surface area contributed by atoms with Crippen LogP contribution in [0.1, 0.15) is 45.4 Å². The fourth-order valence-electron chi connectivity index (χ4n) is 4.87. The minimum Gasteiger partial charge on any atom is -0.327 e. The zero-order valence-electron chi connectivity index (χ0n) is 8.63. The molecule has 3 aliphatic rings. The highest BCUT2D eigenvalue weighted by atomic mass is 14.8. The van der Waals surface area contributed by atoms with Crippen molar-refractivity contribution in [2.24, 2.45) is 28.9 Å². The lowest BCUT2D eigenvalue weighted by Gasteiger charge is -2.43. The molecule has 0 radical (unpaired) electrons. The SMILES string of the molecule is CC1CCCC12[C@H]1CC[C@H](C1)[C@H]2N. The fourth-order valence-corrected chi connectivity index (χ4v) is 4.87. The van der Waals surface area contributed by atoms with Crippen LogP contribution < -0.4 is 5.73 Å². The van der Waals surface area contributed by atoms with E-state index in [1.54, 1.807) is 0 Å². The van der Waals surface area contributed by atoms with Gasteiger partial charge in [-0.2, -0.15) is 0 Å². The molecular weight excluding hydrogens is 158 g/mol. The van der Waals surface area contributed by atoms with Gasteiger partial charge in [-0.3, -0.25) is 0 Å². The van der Waals surface area contributed by atoms with Crippen molar-refractivity contribution in [1.82, 2.24) is 0 Å². The molecule has 1 heteroatoms. The van der Waals surface area contributed by atoms with Gasteiger partial charge in [-0.05, 0) is 48.9 Å². The molecule has 13 heavy (non-hydrogen) atoms. The average Bonchev–Trinajstić information content (AvgIpc) is 2.74. The number of fused-ring (bicyclic) bond motifs is 3. The van der Waals surface area contributed by atoms with E-state index in [1.807, 2.05) is 0 Å². The fraction of sp³-hybridized carbons (Fsp3) is 1.00. The molecule has 0 heterocycles. The van der Waals surface area contributed by atoms with Crippen LogP contribution >= 0.6 is 0 Å². The van der Waals surface area contributed by atoms with Gasteiger partial charge in [0.2, 0.25) is 0 Å². The van der Waals surface area contributed by atoms with Crippen LogP contribution in [0, 0.1) is 23.2 Å². The zero-order chi connectivity index (χ0) is 9.05. The molecule has 2 unspecified atom stereocenters. The van der Waals surface area contributed by atoms with Crippen LogP contribution in [0.15, 0.2) is 0 Å². The Hall–Kier alpha value is -0.0400. The Morgan fingerprint density at radius 3 is 2.62 bits per heavy atom. The number of hydrogen-bond donors (Lipinski definition) is 1. The Morgan fingerprint density at radius 1 is 1.23 bits per heavy atom. The van der Waals surface area contributed by atoms with E-state index in [0.717, 1.165) is 17.8 Å². The van der Waals surface area contributed by atoms with Gasteiger partial charge >= 0.3 is 0 Å². The minimum atomic E-state index is 0.559. The van der Waals surface area contributed by atoms with Crippen molar-refractivity contribution in [3.05, 3.63) is 0 Å². The molecule has 0 aromatic carbocycles. The molecular formula is C12H21N. The summed E-state index contributed by atoms with van der Waals surface area (Å²) in [5, 5.41) is 0. The van der Waals surface area contributed by atoms with Crippen molar-refractivity contribution in [2.45, 2.75) is 51.5 Å². The summed E-state index contributed by atoms with van der Waals surface area (Å²) in [6, 6.07) is 0.559. The molecule has 0 saturated heterocycles. The summed E-state index contributed by atoms with van der Waals surface area (Å²) < 4.78 is 0. The van der Waals surface area contributed by atoms with Crippen LogP contribution in [0.25, 0.3) is 0 Å². The molecule has 0 aromatic heterocycles. The standard InChI is InChI=1S/C12H21N/c1-8-3-2-6-12(8)10-5-4-9(7-10)11(12)13/h8-11H,2-7,13H2,1H3/t8?,9-,10+,11-,12?/m1/s1. The van der Waals surface area contributed by atoms with Crippen molar-refractivity contribution in [2.75, 3.05) is 0 Å². The Balaban J connectivity index is 1.97. The van der Waals surface area contributed by atoms with Crippen molar-refractivity contribution in [1.29, 1.82) is 0 Å². The van der Waals surface area contributed by atoms with Crippen molar-refractivity contribution in [3.63, 3.8) is 0 Å². The monoisotopic (exact) mass is 179 g/mol. The highest BCUT2D eigenvalue weighted by Gasteiger charge is 2.59. The maximum atomic E-state index is 6.45. The first kappa shape index (κ1) is 8.28. The maximum Gasteiger partial charge on any atom is 0.0129 e. The van der Waals surface area contributed by atoms with Crippen LogP contribution in [0.3, 0.4) is 0 Å². The summed E-state index contributed by atoms with van der Waals surface area (Å²) in [6.07, 6.45) is 8.71. The van der Waals surface area contributed by atoms with Gasteiger partial charge in [0.25, 0.3) is 0 Å². The van der Waals surface area contributed by atoms with Gasteiger partial charge in [-0.1, -0.05) is 19.8 Å². The predicted molar refractivity (Wildman–Crippen MR) is 54.3 cm³/mol. The number of nitrogens with two attached hydrogens (primary N) is 1. The summed E-state index contributed by atoms with van der Waals surface area (Å²) in [6.45, 7) is 2.45. The summed E-state index contributed by atoms with van der Waals surface area (Å²) in [4.78, 5) is 0. The Labute approximate surface area is 81.1 Å². The molecule has 2 bridgehead atoms. The molecule has 0 amide bonds. The van der Waals surface area contributed by atoms with Gasteiger partial charge in [-0.15, -0.1) is 0 Å². The van der Waals surface area contributed by atoms with E-state index in [0.29, 0.717) is 11.5 Å². The van der Waals surface area contributed by atoms with Crippen molar-refractivity contribution in [3.8, 4) is 0 Å². The Bertz CT molecular complexity index is 221. The summed E-state index contributed by atoms with van der Waals surface area (Å²) >= 11 is 0. The Kier molecular flexibility index (Phi) is 1.59. The van der Waals surface area contributed by atoms with E-state index >= 15 is 0 Å². The smallest absolute Gasteiger partial charge is 0.0129 e. The van der Waals surface area contributed by atoms with E-state index in [2.05, 4.69) is 6.92 Å². The van der Waals surface area contributed by atoms with E-state index in [4.69, 9.17) is 5.73 Å². The lowest BCUT2D eigenvalue weighted by atomic mass is 9.64. The highest BCUT2D eigenvalue weighted by Crippen LogP contribution is 2.64. The lowest BCUT2D eigenvalue weighted by Crippen LogP contribution is -2.47. The van der Waals surface area contributed by atoms with Crippen molar-refractivity contribution >= 4 is 0 Å². The molecule has 3 fully saturated rings. The van der Waals surface area contributed by atoms with Gasteiger partial charge in [0, 0.05) is 6.04 Å². The highest BCUT2D eigenvalue weighted by molar-refractivity contribution is 5.12. The summed E-state index contributed by atoms with van der Waals surface area (Å²) in [5.41, 5.74) is 7.05. The third-order valence-corrected chi connectivity index (χ3v) is 5.53. The van der Waals surface area contributed by atoms with Gasteiger partial charge in [0.05, 0.1) is 0 Å². The predicted octanol–water partition coefficient (Wildman–Crippen LogP) is 2.55. The molecule has 74 valence electrons. The van der Waals surface area contributed by atoms with Gasteiger partial charge < -0.3 is 5.73 Å². The third-order valence-electron chi connectivity index (χ3n) is 5.53. The molecule has 1 nitrogen and oxygen atoms in total. The normalized spacial score (nSPS) is 59.5. The van der Waals surface area contributed by atoms with Crippen molar-refractivity contribution < 1.29 is 0 Å². The number of rotatable bonds is 0. The first-order valence-electron chi connectivity index (χ1n) is 6.00. The topological polar surface area (TPSA) is 26.0 Å². The molecule has 2 N–H and O–H groups in total. The second-order valence-electron chi connectivity index (χ2n) is 5.70. The second-order valence-corrected chi connectivity index (χ2v) is 5.70. The molecule has 0 aromatic rings. The average molecular weight is 179 g/mol. The zero-order valence-corrected chi connectivity index (χ0v) is 8.63. The van der Waals surface area contributed by atoms with E-state index in [1.165, 1.54) is 38.5 Å². The molecule has 3 saturated carbocycles. The van der Waals surface area contributed by atoms with E-state index in [-0.39, 0.29) is 0 Å². The maximum absolute atomic E-state index is 6.45. The molecule has 1 spiro atoms. The molecule has 5 atom stereocenters. The van der Waals surface area contributed by atoms with Crippen LogP contribution in [-0.2, 0) is 0 Å². The summed E-state index contributed by atoms with van der Waals surface area (Å²) in [7, 11) is 0. The van der Waals surface area contributed by atoms with Crippen LogP contribution in [0.4, 0.5) is 0 Å². The number of hydrogen-bond acceptors (Lipinski definition) is 1. The molecule has 0 aliphatic heterocycles. The van der Waals surface area contributed by atoms with Crippen LogP contribution in [0.5, 0.6) is 0 Å².